The van der Waals surface area contributed by atoms with E-state index in [2.05, 4.69) is 12.2 Å². The first kappa shape index (κ1) is 10.7. The Morgan fingerprint density at radius 1 is 1.53 bits per heavy atom. The second kappa shape index (κ2) is 5.33. The Morgan fingerprint density at radius 2 is 2.40 bits per heavy atom. The molecule has 1 heterocycles. The van der Waals surface area contributed by atoms with Gasteiger partial charge in [0.05, 0.1) is 12.4 Å². The fraction of sp³-hybridized carbons (Fsp3) is 0.667. The summed E-state index contributed by atoms with van der Waals surface area (Å²) in [5.41, 5.74) is 0. The zero-order valence-electron chi connectivity index (χ0n) is 9.24. The molecule has 0 spiro atoms. The largest absolute Gasteiger partial charge is 0.469 e. The fourth-order valence-electron chi connectivity index (χ4n) is 1.96. The second-order valence-corrected chi connectivity index (χ2v) is 4.03. The number of rotatable bonds is 6. The third kappa shape index (κ3) is 3.08. The van der Waals surface area contributed by atoms with E-state index >= 15 is 0 Å². The quantitative estimate of drug-likeness (QED) is 0.778. The Morgan fingerprint density at radius 3 is 3.07 bits per heavy atom. The van der Waals surface area contributed by atoms with Crippen LogP contribution in [-0.2, 0) is 11.2 Å². The van der Waals surface area contributed by atoms with E-state index in [1.165, 1.54) is 0 Å². The molecule has 1 aromatic rings. The number of hydrogen-bond acceptors (Lipinski definition) is 3. The SMILES string of the molecule is CCOC1CC(NCCc2ccco2)C1. The zero-order valence-corrected chi connectivity index (χ0v) is 9.24. The molecule has 1 aliphatic carbocycles. The Bertz CT molecular complexity index is 265. The molecule has 0 saturated heterocycles. The highest BCUT2D eigenvalue weighted by molar-refractivity contribution is 4.98. The molecule has 1 aromatic heterocycles. The lowest BCUT2D eigenvalue weighted by molar-refractivity contribution is -0.00965. The van der Waals surface area contributed by atoms with E-state index < -0.39 is 0 Å². The molecule has 0 radical (unpaired) electrons. The maximum Gasteiger partial charge on any atom is 0.105 e. The number of furan rings is 1. The van der Waals surface area contributed by atoms with Gasteiger partial charge in [0.2, 0.25) is 0 Å². The van der Waals surface area contributed by atoms with Crippen molar-refractivity contribution in [1.82, 2.24) is 5.32 Å². The van der Waals surface area contributed by atoms with Gasteiger partial charge < -0.3 is 14.5 Å². The van der Waals surface area contributed by atoms with Gasteiger partial charge >= 0.3 is 0 Å². The van der Waals surface area contributed by atoms with Crippen LogP contribution in [-0.4, -0.2) is 25.3 Å². The standard InChI is InChI=1S/C12H19NO2/c1-2-14-12-8-10(9-12)13-6-5-11-4-3-7-15-11/h3-4,7,10,12-13H,2,5-6,8-9H2,1H3. The lowest BCUT2D eigenvalue weighted by Crippen LogP contribution is -2.46. The Balaban J connectivity index is 1.53. The number of ether oxygens (including phenoxy) is 1. The van der Waals surface area contributed by atoms with Crippen LogP contribution in [0.1, 0.15) is 25.5 Å². The fourth-order valence-corrected chi connectivity index (χ4v) is 1.96. The van der Waals surface area contributed by atoms with Crippen molar-refractivity contribution >= 4 is 0 Å². The van der Waals surface area contributed by atoms with Crippen LogP contribution in [0.5, 0.6) is 0 Å². The molecular weight excluding hydrogens is 190 g/mol. The third-order valence-electron chi connectivity index (χ3n) is 2.88. The van der Waals surface area contributed by atoms with Gasteiger partial charge in [-0.3, -0.25) is 0 Å². The highest BCUT2D eigenvalue weighted by atomic mass is 16.5. The van der Waals surface area contributed by atoms with Gasteiger partial charge in [-0.15, -0.1) is 0 Å². The van der Waals surface area contributed by atoms with Crippen LogP contribution < -0.4 is 5.32 Å². The van der Waals surface area contributed by atoms with Crippen molar-refractivity contribution in [3.8, 4) is 0 Å². The normalized spacial score (nSPS) is 25.1. The Labute approximate surface area is 90.8 Å². The Hall–Kier alpha value is -0.800. The molecule has 0 unspecified atom stereocenters. The molecule has 84 valence electrons. The third-order valence-corrected chi connectivity index (χ3v) is 2.88. The summed E-state index contributed by atoms with van der Waals surface area (Å²) < 4.78 is 10.8. The van der Waals surface area contributed by atoms with Crippen molar-refractivity contribution in [2.75, 3.05) is 13.2 Å². The van der Waals surface area contributed by atoms with Crippen molar-refractivity contribution in [3.63, 3.8) is 0 Å². The molecule has 0 bridgehead atoms. The van der Waals surface area contributed by atoms with E-state index in [4.69, 9.17) is 9.15 Å². The summed E-state index contributed by atoms with van der Waals surface area (Å²) in [5, 5.41) is 3.51. The minimum Gasteiger partial charge on any atom is -0.469 e. The molecule has 0 aliphatic heterocycles. The highest BCUT2D eigenvalue weighted by Gasteiger charge is 2.28. The first-order valence-corrected chi connectivity index (χ1v) is 5.76. The van der Waals surface area contributed by atoms with Crippen molar-refractivity contribution in [3.05, 3.63) is 24.2 Å². The molecule has 2 rings (SSSR count). The first-order valence-electron chi connectivity index (χ1n) is 5.76. The number of hydrogen-bond donors (Lipinski definition) is 1. The molecule has 1 saturated carbocycles. The van der Waals surface area contributed by atoms with Gasteiger partial charge in [-0.25, -0.2) is 0 Å². The average molecular weight is 209 g/mol. The van der Waals surface area contributed by atoms with Gasteiger partial charge in [-0.1, -0.05) is 0 Å². The molecule has 3 heteroatoms. The monoisotopic (exact) mass is 209 g/mol. The van der Waals surface area contributed by atoms with Gasteiger partial charge in [0.25, 0.3) is 0 Å². The van der Waals surface area contributed by atoms with E-state index in [9.17, 15) is 0 Å². The van der Waals surface area contributed by atoms with Gasteiger partial charge in [-0.05, 0) is 31.9 Å². The number of nitrogens with one attached hydrogen (secondary N) is 1. The molecule has 0 atom stereocenters. The minimum atomic E-state index is 0.496. The van der Waals surface area contributed by atoms with Crippen LogP contribution >= 0.6 is 0 Å². The maximum absolute atomic E-state index is 5.50. The van der Waals surface area contributed by atoms with E-state index in [0.29, 0.717) is 12.1 Å². The summed E-state index contributed by atoms with van der Waals surface area (Å²) in [6, 6.07) is 4.60. The van der Waals surface area contributed by atoms with Crippen molar-refractivity contribution in [1.29, 1.82) is 0 Å². The summed E-state index contributed by atoms with van der Waals surface area (Å²) in [6.45, 7) is 3.89. The van der Waals surface area contributed by atoms with E-state index in [1.807, 2.05) is 12.1 Å². The smallest absolute Gasteiger partial charge is 0.105 e. The zero-order chi connectivity index (χ0) is 10.5. The Kier molecular flexibility index (Phi) is 3.80. The minimum absolute atomic E-state index is 0.496. The molecule has 1 N–H and O–H groups in total. The lowest BCUT2D eigenvalue weighted by atomic mass is 9.89. The highest BCUT2D eigenvalue weighted by Crippen LogP contribution is 2.22. The van der Waals surface area contributed by atoms with Crippen molar-refractivity contribution in [2.45, 2.75) is 38.3 Å². The van der Waals surface area contributed by atoms with Crippen molar-refractivity contribution < 1.29 is 9.15 Å². The second-order valence-electron chi connectivity index (χ2n) is 4.03. The molecule has 0 amide bonds. The van der Waals surface area contributed by atoms with E-state index in [-0.39, 0.29) is 0 Å². The van der Waals surface area contributed by atoms with Gasteiger partial charge in [0.15, 0.2) is 0 Å². The summed E-state index contributed by atoms with van der Waals surface area (Å²) in [7, 11) is 0. The average Bonchev–Trinajstić information content (AvgIpc) is 2.66. The first-order chi connectivity index (χ1) is 7.38. The predicted molar refractivity (Wildman–Crippen MR) is 58.9 cm³/mol. The van der Waals surface area contributed by atoms with Crippen LogP contribution in [0.2, 0.25) is 0 Å². The maximum atomic E-state index is 5.50. The van der Waals surface area contributed by atoms with Crippen LogP contribution in [0, 0.1) is 0 Å². The van der Waals surface area contributed by atoms with Crippen LogP contribution in [0.25, 0.3) is 0 Å². The van der Waals surface area contributed by atoms with Crippen LogP contribution in [0.3, 0.4) is 0 Å². The molecule has 1 fully saturated rings. The predicted octanol–water partition coefficient (Wildman–Crippen LogP) is 1.98. The van der Waals surface area contributed by atoms with Gasteiger partial charge in [0.1, 0.15) is 5.76 Å². The van der Waals surface area contributed by atoms with Crippen LogP contribution in [0.15, 0.2) is 22.8 Å². The van der Waals surface area contributed by atoms with Gasteiger partial charge in [-0.2, -0.15) is 0 Å². The van der Waals surface area contributed by atoms with Crippen molar-refractivity contribution in [2.24, 2.45) is 0 Å². The molecular formula is C12H19NO2. The lowest BCUT2D eigenvalue weighted by Gasteiger charge is -2.35. The van der Waals surface area contributed by atoms with Gasteiger partial charge in [0, 0.05) is 25.6 Å². The topological polar surface area (TPSA) is 34.4 Å². The molecule has 1 aliphatic rings. The molecule has 15 heavy (non-hydrogen) atoms. The van der Waals surface area contributed by atoms with Crippen LogP contribution in [0.4, 0.5) is 0 Å². The summed E-state index contributed by atoms with van der Waals surface area (Å²) in [4.78, 5) is 0. The summed E-state index contributed by atoms with van der Waals surface area (Å²) in [6.07, 6.45) is 5.51. The molecule has 3 nitrogen and oxygen atoms in total. The molecule has 0 aromatic carbocycles. The summed E-state index contributed by atoms with van der Waals surface area (Å²) >= 11 is 0. The van der Waals surface area contributed by atoms with E-state index in [1.54, 1.807) is 6.26 Å². The summed E-state index contributed by atoms with van der Waals surface area (Å²) in [5.74, 6) is 1.06. The van der Waals surface area contributed by atoms with E-state index in [0.717, 1.165) is 38.2 Å².